The number of amides is 1. The van der Waals surface area contributed by atoms with Crippen LogP contribution in [0.5, 0.6) is 0 Å². The smallest absolute Gasteiger partial charge is 0.416 e. The number of nitrogens with one attached hydrogen (secondary N) is 1. The third-order valence-corrected chi connectivity index (χ3v) is 3.32. The number of aliphatic hydroxyl groups is 1. The first-order valence-corrected chi connectivity index (χ1v) is 6.34. The molecule has 0 fully saturated rings. The molecule has 0 radical (unpaired) electrons. The van der Waals surface area contributed by atoms with Gasteiger partial charge in [-0.25, -0.2) is 0 Å². The molecule has 0 aromatic heterocycles. The van der Waals surface area contributed by atoms with Gasteiger partial charge >= 0.3 is 6.18 Å². The molecule has 1 rings (SSSR count). The van der Waals surface area contributed by atoms with E-state index in [1.807, 2.05) is 0 Å². The van der Waals surface area contributed by atoms with Crippen molar-refractivity contribution >= 4 is 11.7 Å². The largest absolute Gasteiger partial charge is 0.503 e. The zero-order valence-corrected chi connectivity index (χ0v) is 11.8. The van der Waals surface area contributed by atoms with Gasteiger partial charge in [0.25, 0.3) is 5.91 Å². The molecule has 0 atom stereocenters. The molecule has 0 unspecified atom stereocenters. The SMILES string of the molecule is C=C(O)C(=O)N(C)C(=N)C1=CC(C(F)(F)F)=C(CC)CC1. The molecular weight excluding hydrogens is 285 g/mol. The fraction of sp³-hybridized carbons (Fsp3) is 0.429. The number of carbonyl (C=O) groups excluding carboxylic acids is 1. The molecule has 1 aliphatic carbocycles. The van der Waals surface area contributed by atoms with Crippen LogP contribution in [0.1, 0.15) is 26.2 Å². The number of amidine groups is 1. The molecule has 0 heterocycles. The third kappa shape index (κ3) is 3.74. The maximum absolute atomic E-state index is 13.0. The van der Waals surface area contributed by atoms with Crippen LogP contribution in [-0.2, 0) is 4.79 Å². The van der Waals surface area contributed by atoms with Crippen LogP contribution in [-0.4, -0.2) is 35.0 Å². The first-order chi connectivity index (χ1) is 9.59. The summed E-state index contributed by atoms with van der Waals surface area (Å²) in [6.07, 6.45) is -2.85. The zero-order valence-electron chi connectivity index (χ0n) is 11.8. The molecule has 0 saturated carbocycles. The van der Waals surface area contributed by atoms with Gasteiger partial charge in [-0.05, 0) is 30.9 Å². The Bertz CT molecular complexity index is 545. The van der Waals surface area contributed by atoms with E-state index in [1.165, 1.54) is 7.05 Å². The van der Waals surface area contributed by atoms with Gasteiger partial charge in [-0.3, -0.25) is 15.1 Å². The second-order valence-electron chi connectivity index (χ2n) is 4.70. The summed E-state index contributed by atoms with van der Waals surface area (Å²) in [5.41, 5.74) is -0.351. The number of likely N-dealkylation sites (N-methyl/N-ethyl adjacent to an activating group) is 1. The van der Waals surface area contributed by atoms with Gasteiger partial charge < -0.3 is 5.11 Å². The van der Waals surface area contributed by atoms with Gasteiger partial charge in [-0.2, -0.15) is 13.2 Å². The van der Waals surface area contributed by atoms with Gasteiger partial charge in [-0.1, -0.05) is 19.1 Å². The number of allylic oxidation sites excluding steroid dienone is 3. The van der Waals surface area contributed by atoms with E-state index in [0.717, 1.165) is 11.0 Å². The Morgan fingerprint density at radius 1 is 1.48 bits per heavy atom. The topological polar surface area (TPSA) is 64.4 Å². The molecule has 0 bridgehead atoms. The van der Waals surface area contributed by atoms with E-state index < -0.39 is 23.4 Å². The summed E-state index contributed by atoms with van der Waals surface area (Å²) in [5.74, 6) is -2.05. The standard InChI is InChI=1S/C14H17F3N2O2/c1-4-9-5-6-10(7-11(9)14(15,16)17)12(18)19(3)13(21)8(2)20/h7,18,20H,2,4-6H2,1,3H3. The summed E-state index contributed by atoms with van der Waals surface area (Å²) in [7, 11) is 1.21. The van der Waals surface area contributed by atoms with E-state index >= 15 is 0 Å². The normalized spacial score (nSPS) is 15.6. The van der Waals surface area contributed by atoms with Gasteiger partial charge in [0.2, 0.25) is 0 Å². The minimum atomic E-state index is -4.49. The molecular formula is C14H17F3N2O2. The molecule has 0 spiro atoms. The molecule has 0 saturated heterocycles. The Morgan fingerprint density at radius 3 is 2.48 bits per heavy atom. The zero-order chi connectivity index (χ0) is 16.4. The predicted molar refractivity (Wildman–Crippen MR) is 73.0 cm³/mol. The molecule has 0 aromatic rings. The maximum Gasteiger partial charge on any atom is 0.416 e. The minimum absolute atomic E-state index is 0.108. The number of carbonyl (C=O) groups is 1. The van der Waals surface area contributed by atoms with Crippen molar-refractivity contribution < 1.29 is 23.1 Å². The molecule has 1 aliphatic rings. The number of rotatable bonds is 3. The van der Waals surface area contributed by atoms with Crippen molar-refractivity contribution in [2.75, 3.05) is 7.05 Å². The van der Waals surface area contributed by atoms with E-state index in [-0.39, 0.29) is 30.7 Å². The average molecular weight is 302 g/mol. The van der Waals surface area contributed by atoms with Crippen molar-refractivity contribution in [3.63, 3.8) is 0 Å². The van der Waals surface area contributed by atoms with Gasteiger partial charge in [0.15, 0.2) is 5.76 Å². The summed E-state index contributed by atoms with van der Waals surface area (Å²) >= 11 is 0. The average Bonchev–Trinajstić information content (AvgIpc) is 2.43. The first kappa shape index (κ1) is 17.0. The summed E-state index contributed by atoms with van der Waals surface area (Å²) in [6.45, 7) is 4.69. The number of aliphatic hydroxyl groups excluding tert-OH is 1. The summed E-state index contributed by atoms with van der Waals surface area (Å²) in [4.78, 5) is 12.3. The van der Waals surface area contributed by atoms with Crippen LogP contribution in [0.2, 0.25) is 0 Å². The lowest BCUT2D eigenvalue weighted by Crippen LogP contribution is -2.35. The number of hydrogen-bond acceptors (Lipinski definition) is 3. The number of hydrogen-bond donors (Lipinski definition) is 2. The van der Waals surface area contributed by atoms with Crippen LogP contribution < -0.4 is 0 Å². The van der Waals surface area contributed by atoms with Gasteiger partial charge in [-0.15, -0.1) is 0 Å². The van der Waals surface area contributed by atoms with Gasteiger partial charge in [0.1, 0.15) is 5.84 Å². The molecule has 21 heavy (non-hydrogen) atoms. The Labute approximate surface area is 120 Å². The van der Waals surface area contributed by atoms with Gasteiger partial charge in [0, 0.05) is 7.05 Å². The highest BCUT2D eigenvalue weighted by molar-refractivity contribution is 6.10. The Morgan fingerprint density at radius 2 is 2.05 bits per heavy atom. The lowest BCUT2D eigenvalue weighted by Gasteiger charge is -2.25. The quantitative estimate of drug-likeness (QED) is 0.363. The molecule has 0 aliphatic heterocycles. The van der Waals surface area contributed by atoms with Crippen molar-refractivity contribution in [2.24, 2.45) is 0 Å². The van der Waals surface area contributed by atoms with Crippen LogP contribution in [0.15, 0.2) is 35.1 Å². The summed E-state index contributed by atoms with van der Waals surface area (Å²) in [5, 5.41) is 16.8. The Kier molecular flexibility index (Phi) is 4.98. The van der Waals surface area contributed by atoms with E-state index in [0.29, 0.717) is 5.57 Å². The van der Waals surface area contributed by atoms with Crippen molar-refractivity contribution in [1.82, 2.24) is 4.90 Å². The van der Waals surface area contributed by atoms with Crippen LogP contribution in [0, 0.1) is 5.41 Å². The maximum atomic E-state index is 13.0. The Hall–Kier alpha value is -2.05. The molecule has 0 aromatic carbocycles. The fourth-order valence-electron chi connectivity index (χ4n) is 2.12. The highest BCUT2D eigenvalue weighted by Gasteiger charge is 2.36. The second kappa shape index (κ2) is 6.15. The summed E-state index contributed by atoms with van der Waals surface area (Å²) < 4.78 is 39.0. The van der Waals surface area contributed by atoms with Crippen LogP contribution >= 0.6 is 0 Å². The fourth-order valence-corrected chi connectivity index (χ4v) is 2.12. The van der Waals surface area contributed by atoms with E-state index in [9.17, 15) is 18.0 Å². The van der Waals surface area contributed by atoms with Crippen molar-refractivity contribution in [3.05, 3.63) is 35.1 Å². The van der Waals surface area contributed by atoms with E-state index in [1.54, 1.807) is 6.92 Å². The third-order valence-electron chi connectivity index (χ3n) is 3.32. The lowest BCUT2D eigenvalue weighted by atomic mass is 9.89. The Balaban J connectivity index is 3.13. The van der Waals surface area contributed by atoms with E-state index in [2.05, 4.69) is 6.58 Å². The number of alkyl halides is 3. The monoisotopic (exact) mass is 302 g/mol. The predicted octanol–water partition coefficient (Wildman–Crippen LogP) is 3.48. The minimum Gasteiger partial charge on any atom is -0.503 e. The first-order valence-electron chi connectivity index (χ1n) is 6.34. The van der Waals surface area contributed by atoms with Crippen LogP contribution in [0.25, 0.3) is 0 Å². The van der Waals surface area contributed by atoms with Crippen molar-refractivity contribution in [1.29, 1.82) is 5.41 Å². The van der Waals surface area contributed by atoms with E-state index in [4.69, 9.17) is 10.5 Å². The molecule has 116 valence electrons. The molecule has 4 nitrogen and oxygen atoms in total. The van der Waals surface area contributed by atoms with Gasteiger partial charge in [0.05, 0.1) is 5.57 Å². The lowest BCUT2D eigenvalue weighted by molar-refractivity contribution is -0.125. The van der Waals surface area contributed by atoms with Crippen molar-refractivity contribution in [2.45, 2.75) is 32.4 Å². The highest BCUT2D eigenvalue weighted by Crippen LogP contribution is 2.37. The van der Waals surface area contributed by atoms with Crippen LogP contribution in [0.4, 0.5) is 13.2 Å². The second-order valence-corrected chi connectivity index (χ2v) is 4.70. The molecule has 7 heteroatoms. The number of nitrogens with zero attached hydrogens (tertiary/aromatic N) is 1. The highest BCUT2D eigenvalue weighted by atomic mass is 19.4. The molecule has 1 amide bonds. The van der Waals surface area contributed by atoms with Crippen molar-refractivity contribution in [3.8, 4) is 0 Å². The number of halogens is 3. The van der Waals surface area contributed by atoms with Crippen LogP contribution in [0.3, 0.4) is 0 Å². The molecule has 2 N–H and O–H groups in total. The summed E-state index contributed by atoms with van der Waals surface area (Å²) in [6, 6.07) is 0.